The molecule has 0 fully saturated rings. The predicted molar refractivity (Wildman–Crippen MR) is 44.6 cm³/mol. The van der Waals surface area contributed by atoms with Crippen LogP contribution in [0.25, 0.3) is 5.65 Å². The Kier molecular flexibility index (Phi) is 1.40. The van der Waals surface area contributed by atoms with Crippen LogP contribution in [-0.4, -0.2) is 9.38 Å². The van der Waals surface area contributed by atoms with E-state index >= 15 is 0 Å². The van der Waals surface area contributed by atoms with Crippen LogP contribution in [0, 0.1) is 19.7 Å². The first-order valence-corrected chi connectivity index (χ1v) is 3.78. The molecule has 0 aromatic carbocycles. The lowest BCUT2D eigenvalue weighted by atomic mass is 10.3. The van der Waals surface area contributed by atoms with E-state index in [2.05, 4.69) is 4.98 Å². The zero-order chi connectivity index (χ0) is 8.72. The van der Waals surface area contributed by atoms with Gasteiger partial charge in [0.2, 0.25) is 0 Å². The summed E-state index contributed by atoms with van der Waals surface area (Å²) in [4.78, 5) is 4.25. The number of imidazole rings is 1. The molecule has 2 nitrogen and oxygen atoms in total. The van der Waals surface area contributed by atoms with Crippen LogP contribution in [0.5, 0.6) is 0 Å². The van der Waals surface area contributed by atoms with Crippen LogP contribution in [0.2, 0.25) is 0 Å². The average molecular weight is 164 g/mol. The highest BCUT2D eigenvalue weighted by atomic mass is 19.1. The van der Waals surface area contributed by atoms with Crippen molar-refractivity contribution in [2.75, 3.05) is 0 Å². The average Bonchev–Trinajstić information content (AvgIpc) is 2.29. The van der Waals surface area contributed by atoms with Crippen molar-refractivity contribution in [2.45, 2.75) is 13.8 Å². The predicted octanol–water partition coefficient (Wildman–Crippen LogP) is 2.09. The lowest BCUT2D eigenvalue weighted by molar-refractivity contribution is 0.618. The Balaban J connectivity index is 2.88. The van der Waals surface area contributed by atoms with Crippen LogP contribution >= 0.6 is 0 Å². The van der Waals surface area contributed by atoms with Gasteiger partial charge in [0, 0.05) is 12.4 Å². The van der Waals surface area contributed by atoms with Crippen molar-refractivity contribution in [3.05, 3.63) is 35.5 Å². The van der Waals surface area contributed by atoms with Crippen LogP contribution in [0.4, 0.5) is 4.39 Å². The number of aromatic nitrogens is 2. The normalized spacial score (nSPS) is 10.9. The third-order valence-electron chi connectivity index (χ3n) is 1.82. The van der Waals surface area contributed by atoms with Gasteiger partial charge < -0.3 is 4.40 Å². The zero-order valence-corrected chi connectivity index (χ0v) is 7.00. The Morgan fingerprint density at radius 1 is 1.33 bits per heavy atom. The molecule has 0 unspecified atom stereocenters. The second-order valence-electron chi connectivity index (χ2n) is 2.95. The summed E-state index contributed by atoms with van der Waals surface area (Å²) in [6.45, 7) is 3.75. The number of fused-ring (bicyclic) bond motifs is 1. The highest BCUT2D eigenvalue weighted by Crippen LogP contribution is 2.11. The number of rotatable bonds is 0. The summed E-state index contributed by atoms with van der Waals surface area (Å²) >= 11 is 0. The Morgan fingerprint density at radius 2 is 2.08 bits per heavy atom. The Bertz CT molecular complexity index is 431. The fraction of sp³-hybridized carbons (Fsp3) is 0.222. The summed E-state index contributed by atoms with van der Waals surface area (Å²) in [5, 5.41) is 0. The summed E-state index contributed by atoms with van der Waals surface area (Å²) < 4.78 is 14.6. The van der Waals surface area contributed by atoms with Gasteiger partial charge in [0.15, 0.2) is 0 Å². The Hall–Kier alpha value is -1.38. The molecule has 0 atom stereocenters. The van der Waals surface area contributed by atoms with Gasteiger partial charge in [-0.3, -0.25) is 0 Å². The van der Waals surface area contributed by atoms with Gasteiger partial charge in [-0.2, -0.15) is 0 Å². The van der Waals surface area contributed by atoms with Crippen molar-refractivity contribution < 1.29 is 4.39 Å². The summed E-state index contributed by atoms with van der Waals surface area (Å²) in [6, 6.07) is 1.49. The molecule has 2 rings (SSSR count). The molecule has 3 heteroatoms. The van der Waals surface area contributed by atoms with Crippen molar-refractivity contribution in [2.24, 2.45) is 0 Å². The van der Waals surface area contributed by atoms with E-state index in [1.165, 1.54) is 12.3 Å². The van der Waals surface area contributed by atoms with Crippen LogP contribution in [-0.2, 0) is 0 Å². The molecular formula is C9H9FN2. The van der Waals surface area contributed by atoms with E-state index in [1.807, 2.05) is 20.0 Å². The number of hydrogen-bond donors (Lipinski definition) is 0. The summed E-state index contributed by atoms with van der Waals surface area (Å²) in [7, 11) is 0. The first-order chi connectivity index (χ1) is 5.66. The fourth-order valence-corrected chi connectivity index (χ4v) is 1.35. The molecule has 0 radical (unpaired) electrons. The second-order valence-corrected chi connectivity index (χ2v) is 2.95. The molecular weight excluding hydrogens is 155 g/mol. The minimum Gasteiger partial charge on any atom is -0.304 e. The van der Waals surface area contributed by atoms with E-state index < -0.39 is 0 Å². The molecule has 0 aliphatic heterocycles. The smallest absolute Gasteiger partial charge is 0.140 e. The number of nitrogens with zero attached hydrogens (tertiary/aromatic N) is 2. The maximum atomic E-state index is 12.9. The molecule has 12 heavy (non-hydrogen) atoms. The van der Waals surface area contributed by atoms with Crippen LogP contribution in [0.15, 0.2) is 18.5 Å². The van der Waals surface area contributed by atoms with Gasteiger partial charge in [-0.15, -0.1) is 0 Å². The van der Waals surface area contributed by atoms with E-state index in [0.29, 0.717) is 0 Å². The van der Waals surface area contributed by atoms with Crippen molar-refractivity contribution in [3.63, 3.8) is 0 Å². The monoisotopic (exact) mass is 164 g/mol. The third-order valence-corrected chi connectivity index (χ3v) is 1.82. The molecule has 2 heterocycles. The third kappa shape index (κ3) is 0.978. The van der Waals surface area contributed by atoms with Gasteiger partial charge in [0.25, 0.3) is 0 Å². The molecule has 0 spiro atoms. The highest BCUT2D eigenvalue weighted by molar-refractivity contribution is 5.47. The molecule has 2 aromatic rings. The van der Waals surface area contributed by atoms with E-state index in [0.717, 1.165) is 16.9 Å². The van der Waals surface area contributed by atoms with Gasteiger partial charge in [-0.25, -0.2) is 9.37 Å². The Labute approximate surface area is 69.7 Å². The second kappa shape index (κ2) is 2.30. The number of hydrogen-bond acceptors (Lipinski definition) is 1. The first kappa shape index (κ1) is 7.28. The van der Waals surface area contributed by atoms with Crippen LogP contribution in [0.1, 0.15) is 11.3 Å². The molecule has 0 aliphatic carbocycles. The maximum Gasteiger partial charge on any atom is 0.140 e. The minimum atomic E-state index is -0.225. The molecule has 0 aliphatic rings. The first-order valence-electron chi connectivity index (χ1n) is 3.78. The fourth-order valence-electron chi connectivity index (χ4n) is 1.35. The summed E-state index contributed by atoms with van der Waals surface area (Å²) in [5.41, 5.74) is 2.60. The molecule has 62 valence electrons. The minimum absolute atomic E-state index is 0.225. The van der Waals surface area contributed by atoms with Crippen molar-refractivity contribution in [1.82, 2.24) is 9.38 Å². The SMILES string of the molecule is Cc1cn2cc(F)cc(C)c2n1. The Morgan fingerprint density at radius 3 is 2.83 bits per heavy atom. The van der Waals surface area contributed by atoms with Gasteiger partial charge in [-0.05, 0) is 25.5 Å². The lowest BCUT2D eigenvalue weighted by Gasteiger charge is -1.96. The lowest BCUT2D eigenvalue weighted by Crippen LogP contribution is -1.88. The highest BCUT2D eigenvalue weighted by Gasteiger charge is 2.02. The molecule has 0 N–H and O–H groups in total. The number of aryl methyl sites for hydroxylation is 2. The summed E-state index contributed by atoms with van der Waals surface area (Å²) in [6.07, 6.45) is 3.24. The topological polar surface area (TPSA) is 17.3 Å². The van der Waals surface area contributed by atoms with Crippen LogP contribution in [0.3, 0.4) is 0 Å². The van der Waals surface area contributed by atoms with Gasteiger partial charge in [0.05, 0.1) is 5.69 Å². The van der Waals surface area contributed by atoms with E-state index in [1.54, 1.807) is 4.40 Å². The number of pyridine rings is 1. The zero-order valence-electron chi connectivity index (χ0n) is 7.00. The van der Waals surface area contributed by atoms with Crippen molar-refractivity contribution in [3.8, 4) is 0 Å². The molecule has 0 saturated heterocycles. The van der Waals surface area contributed by atoms with Gasteiger partial charge >= 0.3 is 0 Å². The molecule has 2 aromatic heterocycles. The molecule has 0 saturated carbocycles. The van der Waals surface area contributed by atoms with E-state index in [-0.39, 0.29) is 5.82 Å². The standard InChI is InChI=1S/C9H9FN2/c1-6-3-8(10)5-12-4-7(2)11-9(6)12/h3-5H,1-2H3. The molecule has 0 bridgehead atoms. The van der Waals surface area contributed by atoms with Crippen molar-refractivity contribution >= 4 is 5.65 Å². The van der Waals surface area contributed by atoms with Crippen LogP contribution < -0.4 is 0 Å². The molecule has 0 amide bonds. The largest absolute Gasteiger partial charge is 0.304 e. The van der Waals surface area contributed by atoms with E-state index in [9.17, 15) is 4.39 Å². The quantitative estimate of drug-likeness (QED) is 0.582. The van der Waals surface area contributed by atoms with Gasteiger partial charge in [-0.1, -0.05) is 0 Å². The number of halogens is 1. The van der Waals surface area contributed by atoms with Crippen molar-refractivity contribution in [1.29, 1.82) is 0 Å². The van der Waals surface area contributed by atoms with Gasteiger partial charge in [0.1, 0.15) is 11.5 Å². The van der Waals surface area contributed by atoms with E-state index in [4.69, 9.17) is 0 Å². The maximum absolute atomic E-state index is 12.9. The summed E-state index contributed by atoms with van der Waals surface area (Å²) in [5.74, 6) is -0.225.